The van der Waals surface area contributed by atoms with E-state index in [1.165, 1.54) is 0 Å². The molecule has 2 fully saturated rings. The van der Waals surface area contributed by atoms with Crippen LogP contribution in [0.15, 0.2) is 0 Å². The van der Waals surface area contributed by atoms with Crippen molar-refractivity contribution in [3.8, 4) is 0 Å². The summed E-state index contributed by atoms with van der Waals surface area (Å²) in [4.78, 5) is 13.6. The number of hydrogen-bond acceptors (Lipinski definition) is 2. The lowest BCUT2D eigenvalue weighted by molar-refractivity contribution is -0.148. The van der Waals surface area contributed by atoms with Crippen LogP contribution in [-0.2, 0) is 9.53 Å². The van der Waals surface area contributed by atoms with Gasteiger partial charge in [0.2, 0.25) is 0 Å². The van der Waals surface area contributed by atoms with E-state index in [1.807, 2.05) is 11.8 Å². The van der Waals surface area contributed by atoms with E-state index in [-0.39, 0.29) is 18.1 Å². The standard InChI is InChI=1S/C10H16ClNO2/c1-7-2-3-9(14-7)10(13)12-5-8(4-11)6-12/h7-9H,2-6H2,1H3. The van der Waals surface area contributed by atoms with Crippen LogP contribution in [0.3, 0.4) is 0 Å². The molecule has 0 aromatic carbocycles. The first kappa shape index (κ1) is 10.2. The van der Waals surface area contributed by atoms with Crippen LogP contribution in [0.5, 0.6) is 0 Å². The lowest BCUT2D eigenvalue weighted by Crippen LogP contribution is -2.53. The molecule has 3 nitrogen and oxygen atoms in total. The average molecular weight is 218 g/mol. The van der Waals surface area contributed by atoms with Gasteiger partial charge in [-0.2, -0.15) is 0 Å². The SMILES string of the molecule is CC1CCC(C(=O)N2CC(CCl)C2)O1. The van der Waals surface area contributed by atoms with Crippen molar-refractivity contribution in [2.75, 3.05) is 19.0 Å². The summed E-state index contributed by atoms with van der Waals surface area (Å²) in [5.74, 6) is 1.32. The van der Waals surface area contributed by atoms with Crippen molar-refractivity contribution in [2.45, 2.75) is 32.0 Å². The highest BCUT2D eigenvalue weighted by atomic mass is 35.5. The molecule has 2 unspecified atom stereocenters. The molecule has 2 aliphatic heterocycles. The van der Waals surface area contributed by atoms with E-state index >= 15 is 0 Å². The van der Waals surface area contributed by atoms with Gasteiger partial charge in [-0.15, -0.1) is 11.6 Å². The van der Waals surface area contributed by atoms with Crippen LogP contribution in [-0.4, -0.2) is 42.0 Å². The van der Waals surface area contributed by atoms with Crippen molar-refractivity contribution in [3.63, 3.8) is 0 Å². The van der Waals surface area contributed by atoms with Crippen LogP contribution in [0.2, 0.25) is 0 Å². The first-order chi connectivity index (χ1) is 6.70. The summed E-state index contributed by atoms with van der Waals surface area (Å²) in [6.45, 7) is 3.65. The molecule has 0 aliphatic carbocycles. The molecule has 0 aromatic heterocycles. The first-order valence-electron chi connectivity index (χ1n) is 5.21. The minimum atomic E-state index is -0.179. The maximum Gasteiger partial charge on any atom is 0.251 e. The van der Waals surface area contributed by atoms with E-state index in [0.717, 1.165) is 25.9 Å². The van der Waals surface area contributed by atoms with E-state index in [2.05, 4.69) is 0 Å². The van der Waals surface area contributed by atoms with Crippen LogP contribution < -0.4 is 0 Å². The molecule has 0 radical (unpaired) electrons. The Morgan fingerprint density at radius 1 is 1.50 bits per heavy atom. The predicted octanol–water partition coefficient (Wildman–Crippen LogP) is 1.25. The number of likely N-dealkylation sites (tertiary alicyclic amines) is 1. The van der Waals surface area contributed by atoms with E-state index in [9.17, 15) is 4.79 Å². The highest BCUT2D eigenvalue weighted by Gasteiger charge is 2.37. The Labute approximate surface area is 89.4 Å². The van der Waals surface area contributed by atoms with Gasteiger partial charge in [-0.3, -0.25) is 4.79 Å². The van der Waals surface area contributed by atoms with Crippen molar-refractivity contribution in [3.05, 3.63) is 0 Å². The minimum Gasteiger partial charge on any atom is -0.365 e. The van der Waals surface area contributed by atoms with E-state index in [4.69, 9.17) is 16.3 Å². The normalized spacial score (nSPS) is 33.1. The Hall–Kier alpha value is -0.280. The largest absolute Gasteiger partial charge is 0.365 e. The molecular formula is C10H16ClNO2. The van der Waals surface area contributed by atoms with Gasteiger partial charge in [0, 0.05) is 24.9 Å². The first-order valence-corrected chi connectivity index (χ1v) is 5.74. The van der Waals surface area contributed by atoms with Crippen molar-refractivity contribution in [1.29, 1.82) is 0 Å². The second-order valence-electron chi connectivity index (χ2n) is 4.28. The van der Waals surface area contributed by atoms with Gasteiger partial charge >= 0.3 is 0 Å². The fourth-order valence-corrected chi connectivity index (χ4v) is 2.23. The zero-order valence-corrected chi connectivity index (χ0v) is 9.17. The number of rotatable bonds is 2. The van der Waals surface area contributed by atoms with Crippen LogP contribution >= 0.6 is 11.6 Å². The predicted molar refractivity (Wildman–Crippen MR) is 54.4 cm³/mol. The number of halogens is 1. The summed E-state index contributed by atoms with van der Waals surface area (Å²) in [6, 6.07) is 0. The molecule has 14 heavy (non-hydrogen) atoms. The second-order valence-corrected chi connectivity index (χ2v) is 4.58. The van der Waals surface area contributed by atoms with Crippen molar-refractivity contribution < 1.29 is 9.53 Å². The zero-order valence-electron chi connectivity index (χ0n) is 8.41. The summed E-state index contributed by atoms with van der Waals surface area (Å²) in [6.07, 6.45) is 1.95. The molecule has 0 saturated carbocycles. The Morgan fingerprint density at radius 2 is 2.21 bits per heavy atom. The zero-order chi connectivity index (χ0) is 10.1. The van der Waals surface area contributed by atoms with Crippen molar-refractivity contribution >= 4 is 17.5 Å². The molecule has 2 aliphatic rings. The molecule has 0 bridgehead atoms. The lowest BCUT2D eigenvalue weighted by Gasteiger charge is -2.39. The maximum atomic E-state index is 11.8. The van der Waals surface area contributed by atoms with E-state index in [1.54, 1.807) is 0 Å². The summed E-state index contributed by atoms with van der Waals surface area (Å²) in [5.41, 5.74) is 0. The topological polar surface area (TPSA) is 29.5 Å². The van der Waals surface area contributed by atoms with Crippen LogP contribution in [0.4, 0.5) is 0 Å². The number of nitrogens with zero attached hydrogens (tertiary/aromatic N) is 1. The van der Waals surface area contributed by atoms with Gasteiger partial charge in [0.25, 0.3) is 5.91 Å². The molecule has 0 aromatic rings. The average Bonchev–Trinajstić information content (AvgIpc) is 2.49. The third kappa shape index (κ3) is 1.89. The lowest BCUT2D eigenvalue weighted by atomic mass is 10.0. The quantitative estimate of drug-likeness (QED) is 0.652. The summed E-state index contributed by atoms with van der Waals surface area (Å²) >= 11 is 5.69. The molecule has 2 rings (SSSR count). The summed E-state index contributed by atoms with van der Waals surface area (Å²) < 4.78 is 5.52. The van der Waals surface area contributed by atoms with E-state index < -0.39 is 0 Å². The molecule has 2 atom stereocenters. The van der Waals surface area contributed by atoms with Gasteiger partial charge in [0.05, 0.1) is 6.10 Å². The van der Waals surface area contributed by atoms with E-state index in [0.29, 0.717) is 11.8 Å². The van der Waals surface area contributed by atoms with Crippen LogP contribution in [0.1, 0.15) is 19.8 Å². The second kappa shape index (κ2) is 4.07. The minimum absolute atomic E-state index is 0.163. The molecule has 1 amide bonds. The Bertz CT molecular complexity index is 228. The van der Waals surface area contributed by atoms with Gasteiger partial charge in [-0.1, -0.05) is 0 Å². The van der Waals surface area contributed by atoms with Gasteiger partial charge in [-0.05, 0) is 19.8 Å². The fraction of sp³-hybridized carbons (Fsp3) is 0.900. The molecule has 2 heterocycles. The highest BCUT2D eigenvalue weighted by molar-refractivity contribution is 6.18. The maximum absolute atomic E-state index is 11.8. The third-order valence-electron chi connectivity index (χ3n) is 2.99. The molecule has 4 heteroatoms. The molecule has 0 N–H and O–H groups in total. The number of hydrogen-bond donors (Lipinski definition) is 0. The van der Waals surface area contributed by atoms with Crippen molar-refractivity contribution in [1.82, 2.24) is 4.90 Å². The van der Waals surface area contributed by atoms with Crippen LogP contribution in [0, 0.1) is 5.92 Å². The number of alkyl halides is 1. The monoisotopic (exact) mass is 217 g/mol. The fourth-order valence-electron chi connectivity index (χ4n) is 2.04. The Morgan fingerprint density at radius 3 is 2.71 bits per heavy atom. The number of amides is 1. The van der Waals surface area contributed by atoms with Gasteiger partial charge in [0.1, 0.15) is 6.10 Å². The number of ether oxygens (including phenoxy) is 1. The molecule has 0 spiro atoms. The molecule has 80 valence electrons. The number of carbonyl (C=O) groups excluding carboxylic acids is 1. The van der Waals surface area contributed by atoms with Crippen LogP contribution in [0.25, 0.3) is 0 Å². The summed E-state index contributed by atoms with van der Waals surface area (Å²) in [7, 11) is 0. The van der Waals surface area contributed by atoms with Gasteiger partial charge in [0.15, 0.2) is 0 Å². The highest BCUT2D eigenvalue weighted by Crippen LogP contribution is 2.24. The number of carbonyl (C=O) groups is 1. The molecular weight excluding hydrogens is 202 g/mol. The Balaban J connectivity index is 1.79. The van der Waals surface area contributed by atoms with Gasteiger partial charge in [-0.25, -0.2) is 0 Å². The van der Waals surface area contributed by atoms with Gasteiger partial charge < -0.3 is 9.64 Å². The smallest absolute Gasteiger partial charge is 0.251 e. The van der Waals surface area contributed by atoms with Crippen molar-refractivity contribution in [2.24, 2.45) is 5.92 Å². The summed E-state index contributed by atoms with van der Waals surface area (Å²) in [5, 5.41) is 0. The Kier molecular flexibility index (Phi) is 2.98. The molecule has 2 saturated heterocycles. The third-order valence-corrected chi connectivity index (χ3v) is 3.43.